The van der Waals surface area contributed by atoms with E-state index >= 15 is 0 Å². The first-order valence-corrected chi connectivity index (χ1v) is 6.68. The Balaban J connectivity index is 3.11. The van der Waals surface area contributed by atoms with E-state index in [-0.39, 0.29) is 5.56 Å². The third kappa shape index (κ3) is 2.66. The highest BCUT2D eigenvalue weighted by molar-refractivity contribution is 7.92. The van der Waals surface area contributed by atoms with Gasteiger partial charge in [-0.25, -0.2) is 12.8 Å². The molecule has 88 valence electrons. The number of sulfone groups is 1. The van der Waals surface area contributed by atoms with Crippen LogP contribution in [0.1, 0.15) is 22.8 Å². The van der Waals surface area contributed by atoms with E-state index < -0.39 is 26.7 Å². The van der Waals surface area contributed by atoms with E-state index in [2.05, 4.69) is 0 Å². The summed E-state index contributed by atoms with van der Waals surface area (Å²) in [5, 5.41) is -1.10. The number of Topliss-reactive ketones (excluding diaryl/α,β-unsaturated/α-hetero) is 1. The van der Waals surface area contributed by atoms with Crippen molar-refractivity contribution in [1.82, 2.24) is 0 Å². The van der Waals surface area contributed by atoms with Crippen LogP contribution in [-0.2, 0) is 9.84 Å². The fourth-order valence-electron chi connectivity index (χ4n) is 1.23. The Kier molecular flexibility index (Phi) is 3.48. The van der Waals surface area contributed by atoms with Gasteiger partial charge in [0.15, 0.2) is 15.6 Å². The molecular weight excluding hydrogens is 231 g/mol. The predicted molar refractivity (Wildman–Crippen MR) is 59.8 cm³/mol. The van der Waals surface area contributed by atoms with E-state index in [0.29, 0.717) is 5.56 Å². The molecule has 0 saturated carbocycles. The minimum atomic E-state index is -3.42. The molecule has 0 amide bonds. The molecule has 0 spiro atoms. The molecule has 16 heavy (non-hydrogen) atoms. The van der Waals surface area contributed by atoms with E-state index in [4.69, 9.17) is 0 Å². The van der Waals surface area contributed by atoms with E-state index in [9.17, 15) is 17.6 Å². The van der Waals surface area contributed by atoms with Crippen molar-refractivity contribution in [3.8, 4) is 0 Å². The van der Waals surface area contributed by atoms with E-state index in [0.717, 1.165) is 12.3 Å². The molecule has 0 fully saturated rings. The zero-order valence-corrected chi connectivity index (χ0v) is 10.1. The molecule has 0 aliphatic heterocycles. The van der Waals surface area contributed by atoms with Crippen LogP contribution in [0, 0.1) is 12.7 Å². The van der Waals surface area contributed by atoms with Gasteiger partial charge in [-0.05, 0) is 37.6 Å². The highest BCUT2D eigenvalue weighted by Crippen LogP contribution is 2.13. The lowest BCUT2D eigenvalue weighted by Crippen LogP contribution is -2.26. The van der Waals surface area contributed by atoms with Crippen molar-refractivity contribution in [2.24, 2.45) is 0 Å². The summed E-state index contributed by atoms with van der Waals surface area (Å²) in [4.78, 5) is 11.8. The Labute approximate surface area is 94.2 Å². The molecule has 0 saturated heterocycles. The lowest BCUT2D eigenvalue weighted by atomic mass is 10.1. The average Bonchev–Trinajstić information content (AvgIpc) is 2.18. The van der Waals surface area contributed by atoms with Gasteiger partial charge in [0.05, 0.1) is 0 Å². The number of hydrogen-bond donors (Lipinski definition) is 0. The van der Waals surface area contributed by atoms with Crippen LogP contribution in [0.25, 0.3) is 0 Å². The highest BCUT2D eigenvalue weighted by atomic mass is 32.2. The summed E-state index contributed by atoms with van der Waals surface area (Å²) in [6.45, 7) is 2.85. The molecule has 0 radical (unpaired) electrons. The Hall–Kier alpha value is -1.23. The van der Waals surface area contributed by atoms with Crippen molar-refractivity contribution < 1.29 is 17.6 Å². The van der Waals surface area contributed by atoms with Crippen LogP contribution in [-0.4, -0.2) is 25.7 Å². The normalized spacial score (nSPS) is 13.5. The van der Waals surface area contributed by atoms with Crippen LogP contribution in [0.2, 0.25) is 0 Å². The Morgan fingerprint density at radius 2 is 1.94 bits per heavy atom. The van der Waals surface area contributed by atoms with Gasteiger partial charge in [-0.1, -0.05) is 0 Å². The number of hydrogen-bond acceptors (Lipinski definition) is 3. The Morgan fingerprint density at radius 3 is 2.38 bits per heavy atom. The summed E-state index contributed by atoms with van der Waals surface area (Å²) in [6.07, 6.45) is 1.01. The molecule has 0 aromatic heterocycles. The van der Waals surface area contributed by atoms with Gasteiger partial charge in [-0.15, -0.1) is 0 Å². The molecule has 3 nitrogen and oxygen atoms in total. The maximum absolute atomic E-state index is 13.0. The van der Waals surface area contributed by atoms with Gasteiger partial charge in [0.1, 0.15) is 11.1 Å². The first-order valence-electron chi connectivity index (χ1n) is 4.72. The van der Waals surface area contributed by atoms with E-state index in [1.54, 1.807) is 0 Å². The number of benzene rings is 1. The smallest absolute Gasteiger partial charge is 0.180 e. The summed E-state index contributed by atoms with van der Waals surface area (Å²) in [5.74, 6) is -0.922. The molecule has 0 heterocycles. The molecule has 1 atom stereocenters. The maximum atomic E-state index is 13.0. The lowest BCUT2D eigenvalue weighted by Gasteiger charge is -2.08. The van der Waals surface area contributed by atoms with Gasteiger partial charge in [0.2, 0.25) is 0 Å². The molecule has 0 N–H and O–H groups in total. The molecule has 0 aliphatic carbocycles. The van der Waals surface area contributed by atoms with Gasteiger partial charge in [-0.3, -0.25) is 4.79 Å². The minimum absolute atomic E-state index is 0.219. The molecule has 0 bridgehead atoms. The van der Waals surface area contributed by atoms with Gasteiger partial charge in [0.25, 0.3) is 0 Å². The number of aryl methyl sites for hydroxylation is 1. The largest absolute Gasteiger partial charge is 0.293 e. The van der Waals surface area contributed by atoms with Crippen molar-refractivity contribution in [1.29, 1.82) is 0 Å². The monoisotopic (exact) mass is 244 g/mol. The van der Waals surface area contributed by atoms with Crippen LogP contribution in [0.15, 0.2) is 18.2 Å². The zero-order chi connectivity index (χ0) is 12.5. The molecule has 0 aliphatic rings. The van der Waals surface area contributed by atoms with E-state index in [1.807, 2.05) is 0 Å². The number of carbonyl (C=O) groups is 1. The highest BCUT2D eigenvalue weighted by Gasteiger charge is 2.24. The van der Waals surface area contributed by atoms with Crippen LogP contribution >= 0.6 is 0 Å². The lowest BCUT2D eigenvalue weighted by molar-refractivity contribution is 0.0991. The summed E-state index contributed by atoms with van der Waals surface area (Å²) in [6, 6.07) is 3.82. The summed E-state index contributed by atoms with van der Waals surface area (Å²) in [5.41, 5.74) is 0.545. The molecule has 5 heteroatoms. The fraction of sp³-hybridized carbons (Fsp3) is 0.364. The number of carbonyl (C=O) groups excluding carboxylic acids is 1. The number of halogens is 1. The van der Waals surface area contributed by atoms with Crippen LogP contribution in [0.4, 0.5) is 4.39 Å². The average molecular weight is 244 g/mol. The van der Waals surface area contributed by atoms with Gasteiger partial charge in [0, 0.05) is 11.8 Å². The van der Waals surface area contributed by atoms with Crippen molar-refractivity contribution in [3.63, 3.8) is 0 Å². The second-order valence-electron chi connectivity index (χ2n) is 3.80. The van der Waals surface area contributed by atoms with Crippen molar-refractivity contribution in [2.75, 3.05) is 6.26 Å². The van der Waals surface area contributed by atoms with Gasteiger partial charge < -0.3 is 0 Å². The second kappa shape index (κ2) is 4.33. The summed E-state index contributed by atoms with van der Waals surface area (Å²) < 4.78 is 35.4. The van der Waals surface area contributed by atoms with Crippen molar-refractivity contribution >= 4 is 15.6 Å². The Bertz CT molecular complexity index is 520. The molecule has 1 aromatic carbocycles. The van der Waals surface area contributed by atoms with Crippen molar-refractivity contribution in [2.45, 2.75) is 19.1 Å². The van der Waals surface area contributed by atoms with Crippen molar-refractivity contribution in [3.05, 3.63) is 35.1 Å². The third-order valence-corrected chi connectivity index (χ3v) is 3.95. The maximum Gasteiger partial charge on any atom is 0.180 e. The predicted octanol–water partition coefficient (Wildman–Crippen LogP) is 1.75. The molecule has 1 aromatic rings. The third-order valence-electron chi connectivity index (χ3n) is 2.45. The van der Waals surface area contributed by atoms with Gasteiger partial charge >= 0.3 is 0 Å². The topological polar surface area (TPSA) is 51.2 Å². The fourth-order valence-corrected chi connectivity index (χ4v) is 1.75. The minimum Gasteiger partial charge on any atom is -0.293 e. The van der Waals surface area contributed by atoms with Crippen LogP contribution in [0.5, 0.6) is 0 Å². The van der Waals surface area contributed by atoms with E-state index in [1.165, 1.54) is 26.0 Å². The number of ketones is 1. The van der Waals surface area contributed by atoms with Crippen LogP contribution < -0.4 is 0 Å². The molecular formula is C11H13FO3S. The SMILES string of the molecule is Cc1cc(C(=O)C(C)S(C)(=O)=O)ccc1F. The molecule has 1 rings (SSSR count). The van der Waals surface area contributed by atoms with Crippen LogP contribution in [0.3, 0.4) is 0 Å². The Morgan fingerprint density at radius 1 is 1.38 bits per heavy atom. The number of rotatable bonds is 3. The zero-order valence-electron chi connectivity index (χ0n) is 9.32. The van der Waals surface area contributed by atoms with Gasteiger partial charge in [-0.2, -0.15) is 0 Å². The summed E-state index contributed by atoms with van der Waals surface area (Å²) >= 11 is 0. The first kappa shape index (κ1) is 12.8. The summed E-state index contributed by atoms with van der Waals surface area (Å²) in [7, 11) is -3.42. The standard InChI is InChI=1S/C11H13FO3S/c1-7-6-9(4-5-10(7)12)11(13)8(2)16(3,14)15/h4-6,8H,1-3H3. The first-order chi connectivity index (χ1) is 7.23. The molecule has 1 unspecified atom stereocenters. The second-order valence-corrected chi connectivity index (χ2v) is 6.17. The quantitative estimate of drug-likeness (QED) is 0.761.